The first-order chi connectivity index (χ1) is 24.4. The first kappa shape index (κ1) is 33.4. The summed E-state index contributed by atoms with van der Waals surface area (Å²) in [7, 11) is 0. The number of ketones is 1. The van der Waals surface area contributed by atoms with Gasteiger partial charge in [0, 0.05) is 40.9 Å². The third kappa shape index (κ3) is 9.54. The minimum Gasteiger partial charge on any atom is -0.493 e. The zero-order valence-corrected chi connectivity index (χ0v) is 27.1. The summed E-state index contributed by atoms with van der Waals surface area (Å²) in [6, 6.07) is 30.0. The van der Waals surface area contributed by atoms with Crippen molar-refractivity contribution in [3.63, 3.8) is 0 Å². The molecule has 0 aliphatic rings. The van der Waals surface area contributed by atoms with Crippen LogP contribution in [0.2, 0.25) is 0 Å². The Balaban J connectivity index is 1.07. The van der Waals surface area contributed by atoms with E-state index in [1.54, 1.807) is 54.6 Å². The van der Waals surface area contributed by atoms with E-state index in [9.17, 15) is 13.6 Å². The smallest absolute Gasteiger partial charge is 0.233 e. The molecule has 0 spiro atoms. The summed E-state index contributed by atoms with van der Waals surface area (Å²) >= 11 is 0. The quantitative estimate of drug-likeness (QED) is 0.0773. The highest BCUT2D eigenvalue weighted by Gasteiger charge is 2.10. The Labute approximate surface area is 288 Å². The van der Waals surface area contributed by atoms with Crippen LogP contribution in [0, 0.1) is 11.6 Å². The second-order valence-corrected chi connectivity index (χ2v) is 11.1. The Morgan fingerprint density at radius 2 is 1.20 bits per heavy atom. The summed E-state index contributed by atoms with van der Waals surface area (Å²) in [5.74, 6) is 0.413. The molecule has 0 bridgehead atoms. The van der Waals surface area contributed by atoms with Gasteiger partial charge in [0.25, 0.3) is 0 Å². The van der Waals surface area contributed by atoms with Gasteiger partial charge in [-0.15, -0.1) is 0 Å². The number of carbonyl (C=O) groups is 1. The molecule has 50 heavy (non-hydrogen) atoms. The summed E-state index contributed by atoms with van der Waals surface area (Å²) in [5.41, 5.74) is 5.33. The first-order valence-corrected chi connectivity index (χ1v) is 16.0. The van der Waals surface area contributed by atoms with Gasteiger partial charge in [-0.2, -0.15) is 15.0 Å². The number of carbonyl (C=O) groups excluding carboxylic acids is 1. The van der Waals surface area contributed by atoms with Crippen LogP contribution in [0.4, 0.5) is 43.7 Å². The third-order valence-corrected chi connectivity index (χ3v) is 7.49. The van der Waals surface area contributed by atoms with E-state index in [-0.39, 0.29) is 35.3 Å². The number of rotatable bonds is 14. The molecular weight excluding hydrogens is 636 g/mol. The zero-order valence-electron chi connectivity index (χ0n) is 27.1. The Morgan fingerprint density at radius 1 is 0.680 bits per heavy atom. The topological polar surface area (TPSA) is 114 Å². The van der Waals surface area contributed by atoms with Crippen molar-refractivity contribution < 1.29 is 18.3 Å². The average molecular weight is 670 g/mol. The lowest BCUT2D eigenvalue weighted by Gasteiger charge is -2.12. The van der Waals surface area contributed by atoms with E-state index < -0.39 is 0 Å². The maximum atomic E-state index is 13.4. The Morgan fingerprint density at radius 3 is 1.68 bits per heavy atom. The number of halogens is 2. The Kier molecular flexibility index (Phi) is 10.7. The van der Waals surface area contributed by atoms with Crippen LogP contribution in [0.25, 0.3) is 6.08 Å². The summed E-state index contributed by atoms with van der Waals surface area (Å²) in [5, 5.41) is 9.20. The van der Waals surface area contributed by atoms with Crippen LogP contribution in [-0.2, 0) is 12.8 Å². The predicted octanol–water partition coefficient (Wildman–Crippen LogP) is 8.86. The van der Waals surface area contributed by atoms with Gasteiger partial charge < -0.3 is 20.7 Å². The van der Waals surface area contributed by atoms with Crippen LogP contribution >= 0.6 is 0 Å². The molecule has 0 aliphatic carbocycles. The van der Waals surface area contributed by atoms with Gasteiger partial charge >= 0.3 is 0 Å². The fourth-order valence-electron chi connectivity index (χ4n) is 4.74. The standard InChI is InChI=1S/C39H33F2N7O2/c1-2-26-3-13-31(42-25-26)23-24-50-35-20-4-27(5-21-35)6-22-36(49)28-7-14-32(15-8-28)43-37-46-38(44-33-16-9-29(40)10-17-33)48-39(47-37)45-34-18-11-30(41)12-19-34/h3-22,25H,2,23-24H2,1H3,(H3,43,44,45,46,47,48)/b22-6+. The summed E-state index contributed by atoms with van der Waals surface area (Å²) in [6.07, 6.45) is 6.87. The van der Waals surface area contributed by atoms with Gasteiger partial charge in [-0.25, -0.2) is 8.78 Å². The van der Waals surface area contributed by atoms with Gasteiger partial charge in [-0.1, -0.05) is 31.2 Å². The van der Waals surface area contributed by atoms with Gasteiger partial charge in [0.15, 0.2) is 5.78 Å². The number of hydrogen-bond acceptors (Lipinski definition) is 9. The third-order valence-electron chi connectivity index (χ3n) is 7.49. The molecule has 2 aromatic heterocycles. The zero-order chi connectivity index (χ0) is 34.7. The number of nitrogens with one attached hydrogen (secondary N) is 3. The number of nitrogens with zero attached hydrogens (tertiary/aromatic N) is 4. The first-order valence-electron chi connectivity index (χ1n) is 16.0. The van der Waals surface area contributed by atoms with Crippen LogP contribution in [0.5, 0.6) is 5.75 Å². The van der Waals surface area contributed by atoms with Gasteiger partial charge in [0.2, 0.25) is 17.8 Å². The lowest BCUT2D eigenvalue weighted by molar-refractivity contribution is 0.104. The molecule has 0 radical (unpaired) electrons. The minimum absolute atomic E-state index is 0.157. The van der Waals surface area contributed by atoms with E-state index in [4.69, 9.17) is 4.74 Å². The normalized spacial score (nSPS) is 10.9. The van der Waals surface area contributed by atoms with Crippen molar-refractivity contribution in [2.45, 2.75) is 19.8 Å². The number of pyridine rings is 1. The van der Waals surface area contributed by atoms with E-state index >= 15 is 0 Å². The summed E-state index contributed by atoms with van der Waals surface area (Å²) in [6.45, 7) is 2.62. The van der Waals surface area contributed by atoms with E-state index in [0.29, 0.717) is 29.2 Å². The van der Waals surface area contributed by atoms with E-state index in [1.807, 2.05) is 36.5 Å². The van der Waals surface area contributed by atoms with E-state index in [1.165, 1.54) is 35.9 Å². The highest BCUT2D eigenvalue weighted by atomic mass is 19.1. The predicted molar refractivity (Wildman–Crippen MR) is 192 cm³/mol. The molecule has 3 N–H and O–H groups in total. The van der Waals surface area contributed by atoms with Crippen LogP contribution < -0.4 is 20.7 Å². The fraction of sp³-hybridized carbons (Fsp3) is 0.103. The van der Waals surface area contributed by atoms with Crippen molar-refractivity contribution in [1.29, 1.82) is 0 Å². The maximum absolute atomic E-state index is 13.4. The molecule has 0 unspecified atom stereocenters. The molecule has 9 nitrogen and oxygen atoms in total. The number of ether oxygens (including phenoxy) is 1. The monoisotopic (exact) mass is 669 g/mol. The Bertz CT molecular complexity index is 1990. The van der Waals surface area contributed by atoms with E-state index in [2.05, 4.69) is 48.9 Å². The van der Waals surface area contributed by atoms with Gasteiger partial charge in [-0.05, 0) is 115 Å². The fourth-order valence-corrected chi connectivity index (χ4v) is 4.74. The SMILES string of the molecule is CCc1ccc(CCOc2ccc(/C=C/C(=O)c3ccc(Nc4nc(Nc5ccc(F)cc5)nc(Nc5ccc(F)cc5)n4)cc3)cc2)nc1. The van der Waals surface area contributed by atoms with Crippen LogP contribution in [0.1, 0.15) is 34.1 Å². The van der Waals surface area contributed by atoms with Crippen molar-refractivity contribution in [3.05, 3.63) is 155 Å². The van der Waals surface area contributed by atoms with Gasteiger partial charge in [0.05, 0.1) is 6.61 Å². The lowest BCUT2D eigenvalue weighted by atomic mass is 10.1. The summed E-state index contributed by atoms with van der Waals surface area (Å²) < 4.78 is 32.7. The largest absolute Gasteiger partial charge is 0.493 e. The highest BCUT2D eigenvalue weighted by Crippen LogP contribution is 2.22. The van der Waals surface area contributed by atoms with Crippen LogP contribution in [0.3, 0.4) is 0 Å². The lowest BCUT2D eigenvalue weighted by Crippen LogP contribution is -2.07. The number of aromatic nitrogens is 4. The molecule has 6 rings (SSSR count). The number of benzene rings is 4. The van der Waals surface area contributed by atoms with Crippen molar-refractivity contribution in [3.8, 4) is 5.75 Å². The van der Waals surface area contributed by atoms with Crippen molar-refractivity contribution in [2.24, 2.45) is 0 Å². The van der Waals surface area contributed by atoms with Crippen molar-refractivity contribution >= 4 is 46.8 Å². The second-order valence-electron chi connectivity index (χ2n) is 11.1. The molecule has 0 amide bonds. The molecule has 0 aliphatic heterocycles. The molecular formula is C39H33F2N7O2. The number of allylic oxidation sites excluding steroid dienone is 1. The van der Waals surface area contributed by atoms with Gasteiger partial charge in [0.1, 0.15) is 17.4 Å². The van der Waals surface area contributed by atoms with Gasteiger partial charge in [-0.3, -0.25) is 9.78 Å². The maximum Gasteiger partial charge on any atom is 0.233 e. The number of hydrogen-bond donors (Lipinski definition) is 3. The Hall–Kier alpha value is -6.49. The van der Waals surface area contributed by atoms with E-state index in [0.717, 1.165) is 29.8 Å². The van der Waals surface area contributed by atoms with Crippen LogP contribution in [0.15, 0.2) is 121 Å². The van der Waals surface area contributed by atoms with Crippen LogP contribution in [-0.4, -0.2) is 32.3 Å². The second kappa shape index (κ2) is 16.1. The average Bonchev–Trinajstić information content (AvgIpc) is 3.13. The number of anilines is 6. The molecule has 4 aromatic carbocycles. The highest BCUT2D eigenvalue weighted by molar-refractivity contribution is 6.07. The molecule has 6 aromatic rings. The van der Waals surface area contributed by atoms with Crippen molar-refractivity contribution in [1.82, 2.24) is 19.9 Å². The molecule has 11 heteroatoms. The molecule has 0 saturated carbocycles. The van der Waals surface area contributed by atoms with Crippen molar-refractivity contribution in [2.75, 3.05) is 22.6 Å². The molecule has 250 valence electrons. The molecule has 0 saturated heterocycles. The molecule has 2 heterocycles. The molecule has 0 fully saturated rings. The number of aryl methyl sites for hydroxylation is 1. The minimum atomic E-state index is -0.373. The molecule has 0 atom stereocenters. The summed E-state index contributed by atoms with van der Waals surface area (Å²) in [4.78, 5) is 30.6.